The van der Waals surface area contributed by atoms with Crippen molar-refractivity contribution in [2.24, 2.45) is 0 Å². The van der Waals surface area contributed by atoms with Gasteiger partial charge in [-0.15, -0.1) is 0 Å². The van der Waals surface area contributed by atoms with E-state index in [1.165, 1.54) is 6.08 Å². The number of imide groups is 1. The number of esters is 1. The van der Waals surface area contributed by atoms with Crippen LogP contribution in [0.15, 0.2) is 53.4 Å². The van der Waals surface area contributed by atoms with Gasteiger partial charge in [0.15, 0.2) is 6.61 Å². The molecule has 1 N–H and O–H groups in total. The standard InChI is InChI=1S/C24H24N2O6S/c1-15(2)32-22(28)13-26-23(29)20(33-24(26)30)12-17-8-4-5-10-19(17)31-14-21(27)25-18-9-6-7-16(3)11-18/h4-12,15H,13-14H2,1-3H3,(H,25,27)/b20-12-. The van der Waals surface area contributed by atoms with Crippen molar-refractivity contribution >= 4 is 46.5 Å². The lowest BCUT2D eigenvalue weighted by Crippen LogP contribution is -2.35. The number of hydrogen-bond donors (Lipinski definition) is 1. The Labute approximate surface area is 195 Å². The first-order valence-corrected chi connectivity index (χ1v) is 11.1. The zero-order chi connectivity index (χ0) is 24.0. The fraction of sp³-hybridized carbons (Fsp3) is 0.250. The quantitative estimate of drug-likeness (QED) is 0.461. The first-order valence-electron chi connectivity index (χ1n) is 10.3. The summed E-state index contributed by atoms with van der Waals surface area (Å²) in [5.74, 6) is -1.20. The molecule has 1 saturated heterocycles. The topological polar surface area (TPSA) is 102 Å². The molecule has 3 amide bonds. The minimum absolute atomic E-state index is 0.151. The van der Waals surface area contributed by atoms with E-state index in [1.54, 1.807) is 44.2 Å². The van der Waals surface area contributed by atoms with Crippen molar-refractivity contribution in [3.05, 3.63) is 64.6 Å². The average molecular weight is 469 g/mol. The monoisotopic (exact) mass is 468 g/mol. The number of rotatable bonds is 8. The van der Waals surface area contributed by atoms with E-state index < -0.39 is 23.7 Å². The zero-order valence-electron chi connectivity index (χ0n) is 18.5. The van der Waals surface area contributed by atoms with Crippen LogP contribution in [0.1, 0.15) is 25.0 Å². The van der Waals surface area contributed by atoms with Crippen LogP contribution in [0.2, 0.25) is 0 Å². The van der Waals surface area contributed by atoms with Crippen LogP contribution >= 0.6 is 11.8 Å². The van der Waals surface area contributed by atoms with E-state index in [0.717, 1.165) is 22.2 Å². The molecule has 2 aromatic rings. The van der Waals surface area contributed by atoms with Crippen molar-refractivity contribution in [3.63, 3.8) is 0 Å². The van der Waals surface area contributed by atoms with E-state index in [4.69, 9.17) is 9.47 Å². The first kappa shape index (κ1) is 24.1. The van der Waals surface area contributed by atoms with Crippen LogP contribution in [0.3, 0.4) is 0 Å². The van der Waals surface area contributed by atoms with E-state index in [-0.39, 0.29) is 23.5 Å². The molecule has 3 rings (SSSR count). The predicted octanol–water partition coefficient (Wildman–Crippen LogP) is 4.00. The van der Waals surface area contributed by atoms with Gasteiger partial charge in [0.1, 0.15) is 12.3 Å². The Hall–Kier alpha value is -3.59. The lowest BCUT2D eigenvalue weighted by molar-refractivity contribution is -0.149. The lowest BCUT2D eigenvalue weighted by atomic mass is 10.2. The molecule has 1 aliphatic heterocycles. The van der Waals surface area contributed by atoms with Crippen molar-refractivity contribution in [3.8, 4) is 5.75 Å². The maximum atomic E-state index is 12.7. The van der Waals surface area contributed by atoms with E-state index in [0.29, 0.717) is 17.0 Å². The number of amides is 3. The van der Waals surface area contributed by atoms with Crippen LogP contribution in [0, 0.1) is 6.92 Å². The molecule has 1 aliphatic rings. The molecule has 172 valence electrons. The van der Waals surface area contributed by atoms with E-state index >= 15 is 0 Å². The number of carbonyl (C=O) groups excluding carboxylic acids is 4. The number of benzene rings is 2. The summed E-state index contributed by atoms with van der Waals surface area (Å²) in [6.45, 7) is 4.61. The van der Waals surface area contributed by atoms with Crippen molar-refractivity contribution < 1.29 is 28.7 Å². The Morgan fingerprint density at radius 2 is 1.88 bits per heavy atom. The molecular weight excluding hydrogens is 444 g/mol. The third-order valence-electron chi connectivity index (χ3n) is 4.39. The summed E-state index contributed by atoms with van der Waals surface area (Å²) < 4.78 is 10.7. The minimum Gasteiger partial charge on any atom is -0.483 e. The summed E-state index contributed by atoms with van der Waals surface area (Å²) in [4.78, 5) is 50.0. The molecule has 1 heterocycles. The molecule has 0 bridgehead atoms. The summed E-state index contributed by atoms with van der Waals surface area (Å²) >= 11 is 0.730. The van der Waals surface area contributed by atoms with Gasteiger partial charge in [-0.05, 0) is 62.4 Å². The lowest BCUT2D eigenvalue weighted by Gasteiger charge is -2.13. The minimum atomic E-state index is -0.656. The number of hydrogen-bond acceptors (Lipinski definition) is 7. The van der Waals surface area contributed by atoms with Crippen LogP contribution in [0.5, 0.6) is 5.75 Å². The van der Waals surface area contributed by atoms with Gasteiger partial charge in [-0.25, -0.2) is 0 Å². The van der Waals surface area contributed by atoms with Gasteiger partial charge in [0.05, 0.1) is 11.0 Å². The molecule has 0 atom stereocenters. The maximum absolute atomic E-state index is 12.7. The number of anilines is 1. The summed E-state index contributed by atoms with van der Waals surface area (Å²) in [6.07, 6.45) is 1.16. The maximum Gasteiger partial charge on any atom is 0.326 e. The summed E-state index contributed by atoms with van der Waals surface area (Å²) in [7, 11) is 0. The second-order valence-corrected chi connectivity index (χ2v) is 8.54. The Bertz CT molecular complexity index is 1110. The average Bonchev–Trinajstić information content (AvgIpc) is 3.00. The van der Waals surface area contributed by atoms with Crippen molar-refractivity contribution in [1.29, 1.82) is 0 Å². The SMILES string of the molecule is Cc1cccc(NC(=O)COc2ccccc2/C=C2\SC(=O)N(CC(=O)OC(C)C)C2=O)c1. The molecular formula is C24H24N2O6S. The number of para-hydroxylation sites is 1. The van der Waals surface area contributed by atoms with Gasteiger partial charge in [-0.2, -0.15) is 0 Å². The van der Waals surface area contributed by atoms with Crippen LogP contribution in [-0.4, -0.2) is 47.2 Å². The number of thioether (sulfide) groups is 1. The molecule has 0 radical (unpaired) electrons. The van der Waals surface area contributed by atoms with Crippen LogP contribution in [-0.2, 0) is 19.1 Å². The van der Waals surface area contributed by atoms with Gasteiger partial charge in [-0.1, -0.05) is 30.3 Å². The number of nitrogens with one attached hydrogen (secondary N) is 1. The van der Waals surface area contributed by atoms with Crippen molar-refractivity contribution in [1.82, 2.24) is 4.90 Å². The number of carbonyl (C=O) groups is 4. The second-order valence-electron chi connectivity index (χ2n) is 7.55. The smallest absolute Gasteiger partial charge is 0.326 e. The predicted molar refractivity (Wildman–Crippen MR) is 126 cm³/mol. The number of aryl methyl sites for hydroxylation is 1. The molecule has 0 saturated carbocycles. The molecule has 8 nitrogen and oxygen atoms in total. The van der Waals surface area contributed by atoms with Gasteiger partial charge in [0.2, 0.25) is 0 Å². The van der Waals surface area contributed by atoms with Crippen molar-refractivity contribution in [2.45, 2.75) is 26.9 Å². The molecule has 1 fully saturated rings. The second kappa shape index (κ2) is 10.8. The molecule has 0 aromatic heterocycles. The highest BCUT2D eigenvalue weighted by Crippen LogP contribution is 2.34. The highest BCUT2D eigenvalue weighted by molar-refractivity contribution is 8.18. The molecule has 0 unspecified atom stereocenters. The van der Waals surface area contributed by atoms with Crippen LogP contribution < -0.4 is 10.1 Å². The van der Waals surface area contributed by atoms with Gasteiger partial charge in [0, 0.05) is 11.3 Å². The Balaban J connectivity index is 1.67. The summed E-state index contributed by atoms with van der Waals surface area (Å²) in [6, 6.07) is 14.2. The fourth-order valence-electron chi connectivity index (χ4n) is 3.00. The Morgan fingerprint density at radius 1 is 1.12 bits per heavy atom. The fourth-order valence-corrected chi connectivity index (χ4v) is 3.83. The Kier molecular flexibility index (Phi) is 7.89. The molecule has 0 aliphatic carbocycles. The van der Waals surface area contributed by atoms with Gasteiger partial charge < -0.3 is 14.8 Å². The van der Waals surface area contributed by atoms with Crippen LogP contribution in [0.25, 0.3) is 6.08 Å². The van der Waals surface area contributed by atoms with Crippen LogP contribution in [0.4, 0.5) is 10.5 Å². The van der Waals surface area contributed by atoms with E-state index in [1.807, 2.05) is 25.1 Å². The normalized spacial score (nSPS) is 14.7. The highest BCUT2D eigenvalue weighted by Gasteiger charge is 2.37. The highest BCUT2D eigenvalue weighted by atomic mass is 32.2. The van der Waals surface area contributed by atoms with Gasteiger partial charge in [-0.3, -0.25) is 24.1 Å². The Morgan fingerprint density at radius 3 is 2.61 bits per heavy atom. The van der Waals surface area contributed by atoms with Gasteiger partial charge in [0.25, 0.3) is 17.1 Å². The van der Waals surface area contributed by atoms with E-state index in [2.05, 4.69) is 5.32 Å². The third-order valence-corrected chi connectivity index (χ3v) is 5.30. The first-order chi connectivity index (χ1) is 15.7. The summed E-state index contributed by atoms with van der Waals surface area (Å²) in [5, 5.41) is 2.21. The largest absolute Gasteiger partial charge is 0.483 e. The zero-order valence-corrected chi connectivity index (χ0v) is 19.3. The van der Waals surface area contributed by atoms with Crippen molar-refractivity contribution in [2.75, 3.05) is 18.5 Å². The summed E-state index contributed by atoms with van der Waals surface area (Å²) in [5.41, 5.74) is 2.21. The number of ether oxygens (including phenoxy) is 2. The van der Waals surface area contributed by atoms with Gasteiger partial charge >= 0.3 is 5.97 Å². The number of nitrogens with zero attached hydrogens (tertiary/aromatic N) is 1. The molecule has 9 heteroatoms. The van der Waals surface area contributed by atoms with E-state index in [9.17, 15) is 19.2 Å². The molecule has 2 aromatic carbocycles. The third kappa shape index (κ3) is 6.69. The molecule has 0 spiro atoms. The molecule has 33 heavy (non-hydrogen) atoms.